The van der Waals surface area contributed by atoms with Crippen LogP contribution < -0.4 is 0 Å². The van der Waals surface area contributed by atoms with Crippen LogP contribution in [0.1, 0.15) is 13.8 Å². The summed E-state index contributed by atoms with van der Waals surface area (Å²) in [7, 11) is 2.60. The van der Waals surface area contributed by atoms with Gasteiger partial charge in [-0.2, -0.15) is 0 Å². The van der Waals surface area contributed by atoms with Gasteiger partial charge in [-0.05, 0) is 25.5 Å². The number of allylic oxidation sites excluding steroid dienone is 2. The zero-order valence-electron chi connectivity index (χ0n) is 8.79. The lowest BCUT2D eigenvalue weighted by molar-refractivity contribution is -0.136. The number of rotatable bonds is 3. The van der Waals surface area contributed by atoms with Gasteiger partial charge in [0.25, 0.3) is 0 Å². The normalized spacial score (nSPS) is 12.3. The van der Waals surface area contributed by atoms with Crippen molar-refractivity contribution in [3.63, 3.8) is 0 Å². The van der Waals surface area contributed by atoms with E-state index in [4.69, 9.17) is 0 Å². The Morgan fingerprint density at radius 1 is 1.00 bits per heavy atom. The van der Waals surface area contributed by atoms with Crippen molar-refractivity contribution in [3.05, 3.63) is 23.3 Å². The first-order chi connectivity index (χ1) is 6.51. The van der Waals surface area contributed by atoms with Gasteiger partial charge in [0, 0.05) is 11.6 Å². The molecule has 0 N–H and O–H groups in total. The molecule has 0 aromatic rings. The molecule has 0 aromatic heterocycles. The molecular weight excluding hydrogens is 184 g/mol. The highest BCUT2D eigenvalue weighted by atomic mass is 16.5. The molecule has 4 nitrogen and oxygen atoms in total. The van der Waals surface area contributed by atoms with E-state index in [1.54, 1.807) is 19.9 Å². The van der Waals surface area contributed by atoms with Gasteiger partial charge in [0.1, 0.15) is 0 Å². The Bertz CT molecular complexity index is 286. The quantitative estimate of drug-likeness (QED) is 0.389. The zero-order chi connectivity index (χ0) is 11.1. The third kappa shape index (κ3) is 4.45. The van der Waals surface area contributed by atoms with Crippen LogP contribution in [0.3, 0.4) is 0 Å². The molecular formula is C10H14O4. The Hall–Kier alpha value is -1.58. The predicted octanol–water partition coefficient (Wildman–Crippen LogP) is 1.22. The third-order valence-electron chi connectivity index (χ3n) is 1.50. The summed E-state index contributed by atoms with van der Waals surface area (Å²) in [5.41, 5.74) is 1.07. The van der Waals surface area contributed by atoms with Gasteiger partial charge < -0.3 is 9.47 Å². The summed E-state index contributed by atoms with van der Waals surface area (Å²) >= 11 is 0. The first kappa shape index (κ1) is 12.4. The largest absolute Gasteiger partial charge is 0.466 e. The molecule has 0 radical (unpaired) electrons. The van der Waals surface area contributed by atoms with Crippen molar-refractivity contribution in [1.82, 2.24) is 0 Å². The van der Waals surface area contributed by atoms with Crippen LogP contribution in [0.2, 0.25) is 0 Å². The van der Waals surface area contributed by atoms with Crippen LogP contribution in [0.25, 0.3) is 0 Å². The minimum atomic E-state index is -0.448. The lowest BCUT2D eigenvalue weighted by atomic mass is 10.2. The van der Waals surface area contributed by atoms with E-state index in [1.807, 2.05) is 0 Å². The van der Waals surface area contributed by atoms with Crippen molar-refractivity contribution in [2.75, 3.05) is 14.2 Å². The number of hydrogen-bond donors (Lipinski definition) is 0. The molecule has 0 amide bonds. The van der Waals surface area contributed by atoms with Crippen molar-refractivity contribution in [1.29, 1.82) is 0 Å². The molecule has 0 aliphatic carbocycles. The van der Waals surface area contributed by atoms with Crippen molar-refractivity contribution in [2.45, 2.75) is 13.8 Å². The van der Waals surface area contributed by atoms with Crippen molar-refractivity contribution in [3.8, 4) is 0 Å². The molecule has 0 aliphatic heterocycles. The topological polar surface area (TPSA) is 52.6 Å². The van der Waals surface area contributed by atoms with Crippen molar-refractivity contribution in [2.24, 2.45) is 0 Å². The summed E-state index contributed by atoms with van der Waals surface area (Å²) in [6, 6.07) is 0. The molecule has 0 saturated carbocycles. The van der Waals surface area contributed by atoms with Gasteiger partial charge in [0.2, 0.25) is 0 Å². The second-order valence-corrected chi connectivity index (χ2v) is 2.73. The molecule has 0 rings (SSSR count). The first-order valence-electron chi connectivity index (χ1n) is 4.04. The number of ether oxygens (including phenoxy) is 2. The summed E-state index contributed by atoms with van der Waals surface area (Å²) < 4.78 is 8.92. The summed E-state index contributed by atoms with van der Waals surface area (Å²) in [6.45, 7) is 3.31. The van der Waals surface area contributed by atoms with E-state index in [-0.39, 0.29) is 0 Å². The smallest absolute Gasteiger partial charge is 0.333 e. The van der Waals surface area contributed by atoms with E-state index < -0.39 is 11.9 Å². The minimum absolute atomic E-state index is 0.414. The van der Waals surface area contributed by atoms with Crippen LogP contribution in [0, 0.1) is 0 Å². The summed E-state index contributed by atoms with van der Waals surface area (Å²) in [6.07, 6.45) is 2.86. The maximum absolute atomic E-state index is 11.0. The molecule has 0 saturated heterocycles. The second kappa shape index (κ2) is 5.96. The van der Waals surface area contributed by atoms with E-state index in [0.717, 1.165) is 0 Å². The molecule has 0 fully saturated rings. The van der Waals surface area contributed by atoms with E-state index in [1.165, 1.54) is 20.3 Å². The van der Waals surface area contributed by atoms with Crippen molar-refractivity contribution < 1.29 is 19.1 Å². The van der Waals surface area contributed by atoms with Gasteiger partial charge in [0.15, 0.2) is 0 Å². The molecule has 0 aromatic carbocycles. The van der Waals surface area contributed by atoms with Gasteiger partial charge >= 0.3 is 11.9 Å². The van der Waals surface area contributed by atoms with Crippen LogP contribution in [-0.4, -0.2) is 26.2 Å². The monoisotopic (exact) mass is 198 g/mol. The second-order valence-electron chi connectivity index (χ2n) is 2.73. The number of carbonyl (C=O) groups excluding carboxylic acids is 2. The highest BCUT2D eigenvalue weighted by molar-refractivity contribution is 5.89. The minimum Gasteiger partial charge on any atom is -0.466 e. The summed E-state index contributed by atoms with van der Waals surface area (Å²) in [4.78, 5) is 21.8. The molecule has 4 heteroatoms. The number of hydrogen-bond acceptors (Lipinski definition) is 4. The predicted molar refractivity (Wildman–Crippen MR) is 51.5 cm³/mol. The number of esters is 2. The van der Waals surface area contributed by atoms with E-state index in [9.17, 15) is 9.59 Å². The molecule has 0 spiro atoms. The van der Waals surface area contributed by atoms with Crippen molar-refractivity contribution >= 4 is 11.9 Å². The first-order valence-corrected chi connectivity index (χ1v) is 4.04. The molecule has 0 unspecified atom stereocenters. The SMILES string of the molecule is COC(=O)/C=C(C)/C=C(\C)C(=O)OC. The molecule has 0 atom stereocenters. The number of carbonyl (C=O) groups is 2. The lowest BCUT2D eigenvalue weighted by Gasteiger charge is -1.98. The van der Waals surface area contributed by atoms with Gasteiger partial charge in [-0.3, -0.25) is 0 Å². The van der Waals surface area contributed by atoms with Crippen LogP contribution in [-0.2, 0) is 19.1 Å². The Labute approximate surface area is 83.2 Å². The maximum Gasteiger partial charge on any atom is 0.333 e. The van der Waals surface area contributed by atoms with Crippen LogP contribution in [0.4, 0.5) is 0 Å². The van der Waals surface area contributed by atoms with Gasteiger partial charge in [0.05, 0.1) is 14.2 Å². The van der Waals surface area contributed by atoms with Gasteiger partial charge in [-0.1, -0.05) is 0 Å². The molecule has 14 heavy (non-hydrogen) atoms. The fraction of sp³-hybridized carbons (Fsp3) is 0.400. The van der Waals surface area contributed by atoms with E-state index in [2.05, 4.69) is 9.47 Å². The lowest BCUT2D eigenvalue weighted by Crippen LogP contribution is -2.02. The fourth-order valence-electron chi connectivity index (χ4n) is 0.848. The van der Waals surface area contributed by atoms with E-state index in [0.29, 0.717) is 11.1 Å². The Balaban J connectivity index is 4.57. The van der Waals surface area contributed by atoms with Gasteiger partial charge in [-0.15, -0.1) is 0 Å². The van der Waals surface area contributed by atoms with Crippen LogP contribution in [0.5, 0.6) is 0 Å². The zero-order valence-corrected chi connectivity index (χ0v) is 8.79. The molecule has 78 valence electrons. The highest BCUT2D eigenvalue weighted by Crippen LogP contribution is 2.03. The van der Waals surface area contributed by atoms with Crippen LogP contribution in [0.15, 0.2) is 23.3 Å². The fourth-order valence-corrected chi connectivity index (χ4v) is 0.848. The maximum atomic E-state index is 11.0. The average molecular weight is 198 g/mol. The molecule has 0 heterocycles. The van der Waals surface area contributed by atoms with E-state index >= 15 is 0 Å². The standard InChI is InChI=1S/C10H14O4/c1-7(6-9(11)13-3)5-8(2)10(12)14-4/h5-6H,1-4H3/b7-6+,8-5+. The molecule has 0 bridgehead atoms. The average Bonchev–Trinajstić information content (AvgIpc) is 2.15. The molecule has 0 aliphatic rings. The Kier molecular flexibility index (Phi) is 5.29. The van der Waals surface area contributed by atoms with Crippen LogP contribution >= 0.6 is 0 Å². The Morgan fingerprint density at radius 3 is 2.00 bits per heavy atom. The summed E-state index contributed by atoms with van der Waals surface area (Å²) in [5.74, 6) is -0.862. The van der Waals surface area contributed by atoms with Gasteiger partial charge in [-0.25, -0.2) is 9.59 Å². The number of methoxy groups -OCH3 is 2. The highest BCUT2D eigenvalue weighted by Gasteiger charge is 2.03. The Morgan fingerprint density at radius 2 is 1.57 bits per heavy atom. The summed E-state index contributed by atoms with van der Waals surface area (Å²) in [5, 5.41) is 0. The third-order valence-corrected chi connectivity index (χ3v) is 1.50.